The van der Waals surface area contributed by atoms with E-state index >= 15 is 0 Å². The summed E-state index contributed by atoms with van der Waals surface area (Å²) in [5.41, 5.74) is 0.872. The molecule has 0 spiro atoms. The maximum atomic E-state index is 10.8. The Morgan fingerprint density at radius 2 is 2.29 bits per heavy atom. The van der Waals surface area contributed by atoms with E-state index in [1.54, 1.807) is 13.2 Å². The van der Waals surface area contributed by atoms with Crippen molar-refractivity contribution in [1.82, 2.24) is 5.32 Å². The Morgan fingerprint density at radius 1 is 1.57 bits per heavy atom. The van der Waals surface area contributed by atoms with Crippen molar-refractivity contribution in [3.63, 3.8) is 0 Å². The van der Waals surface area contributed by atoms with Gasteiger partial charge in [-0.1, -0.05) is 17.7 Å². The third-order valence-electron chi connectivity index (χ3n) is 2.31. The first-order valence-electron chi connectivity index (χ1n) is 4.34. The van der Waals surface area contributed by atoms with Crippen LogP contribution in [0.5, 0.6) is 5.75 Å². The molecule has 1 atom stereocenters. The van der Waals surface area contributed by atoms with Gasteiger partial charge < -0.3 is 10.1 Å². The second-order valence-electron chi connectivity index (χ2n) is 3.18. The van der Waals surface area contributed by atoms with Crippen LogP contribution in [0.1, 0.15) is 18.0 Å². The molecule has 1 unspecified atom stereocenters. The fraction of sp³-hybridized carbons (Fsp3) is 0.300. The Morgan fingerprint density at radius 3 is 2.86 bits per heavy atom. The zero-order valence-corrected chi connectivity index (χ0v) is 8.47. The maximum absolute atomic E-state index is 10.8. The largest absolute Gasteiger partial charge is 0.496 e. The Kier molecular flexibility index (Phi) is 2.33. The molecule has 1 saturated heterocycles. The van der Waals surface area contributed by atoms with Crippen LogP contribution in [0.15, 0.2) is 18.2 Å². The van der Waals surface area contributed by atoms with Gasteiger partial charge in [0.2, 0.25) is 5.91 Å². The molecule has 1 amide bonds. The third kappa shape index (κ3) is 1.44. The van der Waals surface area contributed by atoms with Gasteiger partial charge >= 0.3 is 0 Å². The van der Waals surface area contributed by atoms with Crippen molar-refractivity contribution in [3.8, 4) is 5.75 Å². The molecule has 0 radical (unpaired) electrons. The Bertz CT molecular complexity index is 370. The van der Waals surface area contributed by atoms with Crippen LogP contribution in [0.2, 0.25) is 5.02 Å². The zero-order valence-electron chi connectivity index (χ0n) is 7.71. The first-order valence-corrected chi connectivity index (χ1v) is 4.72. The molecule has 14 heavy (non-hydrogen) atoms. The minimum atomic E-state index is 0.00569. The monoisotopic (exact) mass is 211 g/mol. The van der Waals surface area contributed by atoms with E-state index in [9.17, 15) is 4.79 Å². The average Bonchev–Trinajstić information content (AvgIpc) is 2.13. The molecule has 2 rings (SSSR count). The summed E-state index contributed by atoms with van der Waals surface area (Å²) in [5.74, 6) is 0.777. The van der Waals surface area contributed by atoms with Crippen LogP contribution >= 0.6 is 11.6 Å². The summed E-state index contributed by atoms with van der Waals surface area (Å²) in [7, 11) is 1.59. The minimum Gasteiger partial charge on any atom is -0.496 e. The maximum Gasteiger partial charge on any atom is 0.222 e. The third-order valence-corrected chi connectivity index (χ3v) is 2.64. The number of hydrogen-bond donors (Lipinski definition) is 1. The van der Waals surface area contributed by atoms with Gasteiger partial charge in [-0.05, 0) is 12.1 Å². The van der Waals surface area contributed by atoms with Gasteiger partial charge in [-0.15, -0.1) is 0 Å². The van der Waals surface area contributed by atoms with Crippen LogP contribution in [-0.2, 0) is 4.79 Å². The van der Waals surface area contributed by atoms with E-state index in [2.05, 4.69) is 5.32 Å². The molecule has 1 aromatic carbocycles. The van der Waals surface area contributed by atoms with Gasteiger partial charge in [-0.3, -0.25) is 4.79 Å². The first-order chi connectivity index (χ1) is 6.72. The van der Waals surface area contributed by atoms with E-state index in [0.717, 1.165) is 11.3 Å². The molecule has 1 aromatic rings. The molecule has 74 valence electrons. The number of β-lactam (4-membered cyclic amide) rings is 1. The van der Waals surface area contributed by atoms with Gasteiger partial charge in [-0.25, -0.2) is 0 Å². The van der Waals surface area contributed by atoms with Crippen LogP contribution in [-0.4, -0.2) is 13.0 Å². The number of carbonyl (C=O) groups excluding carboxylic acids is 1. The van der Waals surface area contributed by atoms with Crippen molar-refractivity contribution in [2.24, 2.45) is 0 Å². The number of carbonyl (C=O) groups is 1. The van der Waals surface area contributed by atoms with Crippen LogP contribution in [0.25, 0.3) is 0 Å². The van der Waals surface area contributed by atoms with Crippen molar-refractivity contribution in [1.29, 1.82) is 0 Å². The normalized spacial score (nSPS) is 19.9. The van der Waals surface area contributed by atoms with E-state index in [4.69, 9.17) is 16.3 Å². The van der Waals surface area contributed by atoms with E-state index in [-0.39, 0.29) is 11.9 Å². The number of methoxy groups -OCH3 is 1. The van der Waals surface area contributed by atoms with E-state index in [1.807, 2.05) is 12.1 Å². The topological polar surface area (TPSA) is 38.3 Å². The fourth-order valence-electron chi connectivity index (χ4n) is 1.57. The van der Waals surface area contributed by atoms with Crippen LogP contribution in [0, 0.1) is 0 Å². The molecular weight excluding hydrogens is 202 g/mol. The number of rotatable bonds is 2. The van der Waals surface area contributed by atoms with E-state index < -0.39 is 0 Å². The Balaban J connectivity index is 2.35. The van der Waals surface area contributed by atoms with Crippen molar-refractivity contribution < 1.29 is 9.53 Å². The van der Waals surface area contributed by atoms with Crippen molar-refractivity contribution in [3.05, 3.63) is 28.8 Å². The average molecular weight is 212 g/mol. The minimum absolute atomic E-state index is 0.00569. The highest BCUT2D eigenvalue weighted by molar-refractivity contribution is 6.31. The molecule has 1 N–H and O–H groups in total. The standard InChI is InChI=1S/C10H10ClNO2/c1-14-8-4-2-3-6(11)10(8)7-5-9(13)12-7/h2-4,7H,5H2,1H3,(H,12,13). The number of benzene rings is 1. The molecule has 0 bridgehead atoms. The van der Waals surface area contributed by atoms with Crippen LogP contribution in [0.4, 0.5) is 0 Å². The lowest BCUT2D eigenvalue weighted by atomic mass is 9.96. The van der Waals surface area contributed by atoms with Gasteiger partial charge in [-0.2, -0.15) is 0 Å². The second kappa shape index (κ2) is 3.50. The van der Waals surface area contributed by atoms with Crippen molar-refractivity contribution in [2.45, 2.75) is 12.5 Å². The molecule has 0 aliphatic carbocycles. The van der Waals surface area contributed by atoms with Gasteiger partial charge in [0.1, 0.15) is 5.75 Å². The lowest BCUT2D eigenvalue weighted by molar-refractivity contribution is -0.128. The van der Waals surface area contributed by atoms with Crippen LogP contribution < -0.4 is 10.1 Å². The zero-order chi connectivity index (χ0) is 10.1. The highest BCUT2D eigenvalue weighted by Crippen LogP contribution is 2.36. The number of amides is 1. The molecule has 1 fully saturated rings. The van der Waals surface area contributed by atoms with E-state index in [1.165, 1.54) is 0 Å². The Hall–Kier alpha value is -1.22. The molecule has 1 heterocycles. The summed E-state index contributed by atoms with van der Waals surface area (Å²) in [4.78, 5) is 10.8. The predicted molar refractivity (Wildman–Crippen MR) is 53.5 cm³/mol. The summed E-state index contributed by atoms with van der Waals surface area (Å²) in [6.45, 7) is 0. The fourth-order valence-corrected chi connectivity index (χ4v) is 1.86. The molecule has 3 nitrogen and oxygen atoms in total. The van der Waals surface area contributed by atoms with Gasteiger partial charge in [0.25, 0.3) is 0 Å². The highest BCUT2D eigenvalue weighted by atomic mass is 35.5. The van der Waals surface area contributed by atoms with Gasteiger partial charge in [0, 0.05) is 10.6 Å². The van der Waals surface area contributed by atoms with Gasteiger partial charge in [0.05, 0.1) is 19.6 Å². The summed E-state index contributed by atoms with van der Waals surface area (Å²) in [6.07, 6.45) is 0.486. The molecule has 1 aliphatic heterocycles. The number of nitrogens with one attached hydrogen (secondary N) is 1. The summed E-state index contributed by atoms with van der Waals surface area (Å²) in [6, 6.07) is 5.46. The van der Waals surface area contributed by atoms with Gasteiger partial charge in [0.15, 0.2) is 0 Å². The molecule has 1 aliphatic rings. The molecule has 0 aromatic heterocycles. The Labute approximate surface area is 87.0 Å². The lowest BCUT2D eigenvalue weighted by Crippen LogP contribution is -2.41. The first kappa shape index (κ1) is 9.34. The number of ether oxygens (including phenoxy) is 1. The summed E-state index contributed by atoms with van der Waals surface area (Å²) in [5, 5.41) is 3.40. The SMILES string of the molecule is COc1cccc(Cl)c1C1CC(=O)N1. The lowest BCUT2D eigenvalue weighted by Gasteiger charge is -2.29. The summed E-state index contributed by atoms with van der Waals surface area (Å²) < 4.78 is 5.18. The molecule has 0 saturated carbocycles. The number of hydrogen-bond acceptors (Lipinski definition) is 2. The predicted octanol–water partition coefficient (Wildman–Crippen LogP) is 1.91. The molecule has 4 heteroatoms. The van der Waals surface area contributed by atoms with Crippen LogP contribution in [0.3, 0.4) is 0 Å². The smallest absolute Gasteiger partial charge is 0.222 e. The van der Waals surface area contributed by atoms with E-state index in [0.29, 0.717) is 11.4 Å². The van der Waals surface area contributed by atoms with Crippen molar-refractivity contribution in [2.75, 3.05) is 7.11 Å². The summed E-state index contributed by atoms with van der Waals surface area (Å²) >= 11 is 6.03. The molecular formula is C10H10ClNO2. The van der Waals surface area contributed by atoms with Crippen molar-refractivity contribution >= 4 is 17.5 Å². The number of halogens is 1. The second-order valence-corrected chi connectivity index (χ2v) is 3.59. The highest BCUT2D eigenvalue weighted by Gasteiger charge is 2.30. The quantitative estimate of drug-likeness (QED) is 0.759.